The summed E-state index contributed by atoms with van der Waals surface area (Å²) in [4.78, 5) is 80.8. The summed E-state index contributed by atoms with van der Waals surface area (Å²) in [5.41, 5.74) is 16.7. The predicted octanol–water partition coefficient (Wildman–Crippen LogP) is -2.67. The molecule has 0 aliphatic carbocycles. The summed E-state index contributed by atoms with van der Waals surface area (Å²) in [5.74, 6) is 1.26. The topological polar surface area (TPSA) is 289 Å². The lowest BCUT2D eigenvalue weighted by Crippen LogP contribution is -2.53. The summed E-state index contributed by atoms with van der Waals surface area (Å²) >= 11 is 0. The van der Waals surface area contributed by atoms with E-state index in [1.165, 1.54) is 14.9 Å². The van der Waals surface area contributed by atoms with Crippen molar-refractivity contribution >= 4 is 46.2 Å². The third-order valence-electron chi connectivity index (χ3n) is 9.81. The SMILES string of the molecule is CN1C(=O)N2C[C@H]1CC[C@H]2C(N)=O.NC(=O)[C@@H]1CC[C@@H]2CN1C(=O)N2OCc1ccccc1.NC(=O)[C@@H]1CC[C@@H]2CN1C(=O)N2OS(=O)(=O)O[NH3+]. The maximum atomic E-state index is 12.2. The number of urea groups is 3. The Balaban J connectivity index is 0.000000152. The molecule has 6 bridgehead atoms. The van der Waals surface area contributed by atoms with E-state index in [9.17, 15) is 37.2 Å². The van der Waals surface area contributed by atoms with Gasteiger partial charge in [0.05, 0.1) is 18.1 Å². The van der Waals surface area contributed by atoms with E-state index in [1.807, 2.05) is 30.3 Å². The molecule has 9 amide bonds. The van der Waals surface area contributed by atoms with Crippen molar-refractivity contribution in [3.05, 3.63) is 35.9 Å². The number of hydrogen-bond acceptors (Lipinski definition) is 11. The van der Waals surface area contributed by atoms with E-state index in [-0.39, 0.29) is 42.6 Å². The fraction of sp³-hybridized carbons (Fsp3) is 0.586. The number of quaternary nitrogens is 1. The number of nitrogens with two attached hydrogens (primary N) is 3. The summed E-state index contributed by atoms with van der Waals surface area (Å²) in [6.07, 6.45) is 3.73. The molecule has 0 saturated carbocycles. The Labute approximate surface area is 293 Å². The van der Waals surface area contributed by atoms with Gasteiger partial charge in [-0.2, -0.15) is 24.4 Å². The van der Waals surface area contributed by atoms with E-state index in [1.54, 1.807) is 16.8 Å². The van der Waals surface area contributed by atoms with Crippen LogP contribution in [0, 0.1) is 0 Å². The number of amides is 9. The summed E-state index contributed by atoms with van der Waals surface area (Å²) in [5, 5.41) is 2.08. The number of benzene rings is 1. The highest BCUT2D eigenvalue weighted by Crippen LogP contribution is 2.32. The molecule has 7 rings (SSSR count). The van der Waals surface area contributed by atoms with Gasteiger partial charge in [-0.05, 0) is 44.1 Å². The van der Waals surface area contributed by atoms with Gasteiger partial charge in [0.2, 0.25) is 17.7 Å². The summed E-state index contributed by atoms with van der Waals surface area (Å²) < 4.78 is 30.5. The zero-order valence-corrected chi connectivity index (χ0v) is 28.8. The van der Waals surface area contributed by atoms with Crippen molar-refractivity contribution in [1.29, 1.82) is 0 Å². The second-order valence-corrected chi connectivity index (χ2v) is 14.1. The van der Waals surface area contributed by atoms with Crippen LogP contribution in [0.25, 0.3) is 0 Å². The summed E-state index contributed by atoms with van der Waals surface area (Å²) in [7, 11) is -2.59. The molecule has 6 fully saturated rings. The average Bonchev–Trinajstić information content (AvgIpc) is 3.58. The fourth-order valence-corrected chi connectivity index (χ4v) is 7.52. The smallest absolute Gasteiger partial charge is 0.368 e. The van der Waals surface area contributed by atoms with Crippen molar-refractivity contribution in [1.82, 2.24) is 29.7 Å². The van der Waals surface area contributed by atoms with Crippen molar-refractivity contribution in [2.45, 2.75) is 81.4 Å². The van der Waals surface area contributed by atoms with E-state index in [0.717, 1.165) is 18.4 Å². The Hall–Kier alpha value is -4.77. The van der Waals surface area contributed by atoms with Gasteiger partial charge in [-0.15, -0.1) is 4.28 Å². The highest BCUT2D eigenvalue weighted by Gasteiger charge is 2.50. The fourth-order valence-electron chi connectivity index (χ4n) is 7.09. The number of primary amides is 3. The third-order valence-corrected chi connectivity index (χ3v) is 10.4. The van der Waals surface area contributed by atoms with Gasteiger partial charge in [0.15, 0.2) is 0 Å². The molecule has 0 spiro atoms. The highest BCUT2D eigenvalue weighted by atomic mass is 32.3. The van der Waals surface area contributed by atoms with Crippen LogP contribution in [0.15, 0.2) is 30.3 Å². The number of piperidine rings is 3. The maximum Gasteiger partial charge on any atom is 0.466 e. The van der Waals surface area contributed by atoms with Crippen molar-refractivity contribution in [2.75, 3.05) is 26.7 Å². The molecule has 6 aliphatic rings. The third kappa shape index (κ3) is 7.93. The van der Waals surface area contributed by atoms with Crippen LogP contribution in [-0.2, 0) is 44.8 Å². The number of nitrogens with zero attached hydrogens (tertiary/aromatic N) is 6. The zero-order chi connectivity index (χ0) is 37.2. The first-order chi connectivity index (χ1) is 24.1. The largest absolute Gasteiger partial charge is 0.466 e. The van der Waals surface area contributed by atoms with Crippen LogP contribution in [0.5, 0.6) is 0 Å². The van der Waals surface area contributed by atoms with E-state index < -0.39 is 46.4 Å². The minimum Gasteiger partial charge on any atom is -0.368 e. The first kappa shape index (κ1) is 37.5. The normalized spacial score (nSPS) is 27.9. The molecule has 1 aromatic rings. The second kappa shape index (κ2) is 15.2. The molecule has 6 heterocycles. The number of rotatable bonds is 9. The molecule has 21 nitrogen and oxygen atoms in total. The van der Waals surface area contributed by atoms with Crippen LogP contribution in [-0.4, -0.2) is 137 Å². The van der Waals surface area contributed by atoms with Crippen molar-refractivity contribution in [2.24, 2.45) is 17.2 Å². The quantitative estimate of drug-likeness (QED) is 0.190. The van der Waals surface area contributed by atoms with Gasteiger partial charge >= 0.3 is 28.5 Å². The van der Waals surface area contributed by atoms with Gasteiger partial charge < -0.3 is 36.8 Å². The first-order valence-corrected chi connectivity index (χ1v) is 17.6. The van der Waals surface area contributed by atoms with Crippen molar-refractivity contribution in [3.63, 3.8) is 0 Å². The number of carbonyl (C=O) groups is 6. The number of fused-ring (bicyclic) bond motifs is 6. The number of hydrogen-bond donors (Lipinski definition) is 4. The first-order valence-electron chi connectivity index (χ1n) is 16.3. The molecule has 280 valence electrons. The van der Waals surface area contributed by atoms with E-state index in [4.69, 9.17) is 22.0 Å². The van der Waals surface area contributed by atoms with E-state index in [2.05, 4.69) is 14.5 Å². The zero-order valence-electron chi connectivity index (χ0n) is 27.9. The van der Waals surface area contributed by atoms with Gasteiger partial charge in [0.1, 0.15) is 24.7 Å². The van der Waals surface area contributed by atoms with Gasteiger partial charge in [-0.1, -0.05) is 34.6 Å². The maximum absolute atomic E-state index is 12.2. The summed E-state index contributed by atoms with van der Waals surface area (Å²) in [6.45, 7) is 1.71. The van der Waals surface area contributed by atoms with E-state index in [0.29, 0.717) is 50.4 Å². The molecule has 6 aliphatic heterocycles. The van der Waals surface area contributed by atoms with Gasteiger partial charge in [-0.3, -0.25) is 19.2 Å². The molecule has 0 unspecified atom stereocenters. The Bertz CT molecular complexity index is 1640. The molecular formula is C29H43N10O11S+. The second-order valence-electron chi connectivity index (χ2n) is 12.9. The minimum atomic E-state index is -4.36. The highest BCUT2D eigenvalue weighted by molar-refractivity contribution is 7.81. The van der Waals surface area contributed by atoms with Gasteiger partial charge in [-0.25, -0.2) is 14.4 Å². The van der Waals surface area contributed by atoms with Crippen LogP contribution < -0.4 is 23.1 Å². The van der Waals surface area contributed by atoms with Crippen molar-refractivity contribution in [3.8, 4) is 0 Å². The average molecular weight is 740 g/mol. The lowest BCUT2D eigenvalue weighted by Gasteiger charge is -2.27. The predicted molar refractivity (Wildman–Crippen MR) is 171 cm³/mol. The van der Waals surface area contributed by atoms with Crippen LogP contribution in [0.1, 0.15) is 44.1 Å². The molecule has 0 radical (unpaired) electrons. The van der Waals surface area contributed by atoms with Crippen LogP contribution in [0.4, 0.5) is 14.4 Å². The molecule has 6 saturated heterocycles. The van der Waals surface area contributed by atoms with Crippen LogP contribution in [0.3, 0.4) is 0 Å². The monoisotopic (exact) mass is 739 g/mol. The molecule has 6 atom stereocenters. The molecule has 9 N–H and O–H groups in total. The molecular weight excluding hydrogens is 696 g/mol. The lowest BCUT2D eigenvalue weighted by atomic mass is 10.0. The minimum absolute atomic E-state index is 0.0156. The molecule has 1 aromatic carbocycles. The number of carbonyl (C=O) groups excluding carboxylic acids is 6. The van der Waals surface area contributed by atoms with E-state index >= 15 is 0 Å². The lowest BCUT2D eigenvalue weighted by molar-refractivity contribution is -0.638. The molecule has 0 aromatic heterocycles. The number of likely N-dealkylation sites (N-methyl/N-ethyl adjacent to an activating group) is 1. The summed E-state index contributed by atoms with van der Waals surface area (Å²) in [6, 6.07) is 6.87. The number of hydroxylamine groups is 4. The Morgan fingerprint density at radius 1 is 0.706 bits per heavy atom. The van der Waals surface area contributed by atoms with Gasteiger partial charge in [0, 0.05) is 26.7 Å². The standard InChI is InChI=1S/C14H17N3O3.C8H13N3O2.C7H12N4O6S/c15-13(18)12-7-6-11-8-16(12)14(19)17(11)20-9-10-4-2-1-3-5-10;1-10-5-2-3-6(7(9)12)11(4-5)8(10)13;8-6(12)5-2-1-4-3-10(5)7(13)11(4)17-18(14,15)16-9/h1-5,11-12H,6-9H2,(H2,15,18);5-6H,2-4H2,1H3,(H2,9,12);4-5H,1-3H2,9H3,(H-,8,12)/p+1/t11-,12+;5-,6+;4-,5+/m111/s1. The van der Waals surface area contributed by atoms with Crippen molar-refractivity contribution < 1.29 is 56.5 Å². The van der Waals surface area contributed by atoms with Gasteiger partial charge in [0.25, 0.3) is 0 Å². The van der Waals surface area contributed by atoms with Crippen LogP contribution in [0.2, 0.25) is 0 Å². The molecule has 51 heavy (non-hydrogen) atoms. The van der Waals surface area contributed by atoms with Crippen LogP contribution >= 0.6 is 0 Å². The molecule has 22 heteroatoms. The Morgan fingerprint density at radius 3 is 1.63 bits per heavy atom. The Kier molecular flexibility index (Phi) is 11.2. The Morgan fingerprint density at radius 2 is 1.14 bits per heavy atom.